The minimum atomic E-state index is -0.668. The van der Waals surface area contributed by atoms with Gasteiger partial charge in [-0.1, -0.05) is 20.8 Å². The summed E-state index contributed by atoms with van der Waals surface area (Å²) in [6, 6.07) is -0.668. The fourth-order valence-electron chi connectivity index (χ4n) is 2.27. The van der Waals surface area contributed by atoms with Crippen LogP contribution in [0.4, 0.5) is 5.00 Å². The van der Waals surface area contributed by atoms with Crippen molar-refractivity contribution in [2.75, 3.05) is 18.5 Å². The summed E-state index contributed by atoms with van der Waals surface area (Å²) < 4.78 is 5.09. The number of amides is 2. The lowest BCUT2D eigenvalue weighted by Crippen LogP contribution is -2.46. The predicted molar refractivity (Wildman–Crippen MR) is 98.8 cm³/mol. The van der Waals surface area contributed by atoms with Crippen molar-refractivity contribution in [2.24, 2.45) is 11.7 Å². The molecule has 7 nitrogen and oxygen atoms in total. The number of carbonyl (C=O) groups excluding carboxylic acids is 3. The minimum absolute atomic E-state index is 0.0227. The average molecular weight is 369 g/mol. The highest BCUT2D eigenvalue weighted by atomic mass is 32.1. The monoisotopic (exact) mass is 369 g/mol. The van der Waals surface area contributed by atoms with Crippen LogP contribution < -0.4 is 16.4 Å². The Labute approximate surface area is 152 Å². The van der Waals surface area contributed by atoms with Crippen LogP contribution in [0.25, 0.3) is 0 Å². The lowest BCUT2D eigenvalue weighted by Gasteiger charge is -2.15. The van der Waals surface area contributed by atoms with E-state index in [2.05, 4.69) is 10.6 Å². The number of carbonyl (C=O) groups is 3. The van der Waals surface area contributed by atoms with Crippen LogP contribution in [0.15, 0.2) is 0 Å². The van der Waals surface area contributed by atoms with Crippen LogP contribution in [0.3, 0.4) is 0 Å². The molecular formula is C17H27N3O4S. The van der Waals surface area contributed by atoms with Crippen LogP contribution in [0.5, 0.6) is 0 Å². The Balaban J connectivity index is 2.83. The summed E-state index contributed by atoms with van der Waals surface area (Å²) in [7, 11) is 0. The summed E-state index contributed by atoms with van der Waals surface area (Å²) in [5, 5.41) is 5.64. The van der Waals surface area contributed by atoms with E-state index in [4.69, 9.17) is 10.5 Å². The SMILES string of the molecule is CCOC(=O)c1c(NC(=O)CNC(=O)[C@@H](N)C(C)C)sc(C)c1CC. The van der Waals surface area contributed by atoms with Crippen molar-refractivity contribution in [3.63, 3.8) is 0 Å². The Morgan fingerprint density at radius 2 is 1.88 bits per heavy atom. The van der Waals surface area contributed by atoms with Crippen molar-refractivity contribution in [3.8, 4) is 0 Å². The molecule has 1 rings (SSSR count). The predicted octanol–water partition coefficient (Wildman–Crippen LogP) is 1.83. The number of esters is 1. The Morgan fingerprint density at radius 1 is 1.24 bits per heavy atom. The highest BCUT2D eigenvalue weighted by Gasteiger charge is 2.24. The number of nitrogens with one attached hydrogen (secondary N) is 2. The van der Waals surface area contributed by atoms with Gasteiger partial charge < -0.3 is 21.1 Å². The Kier molecular flexibility index (Phi) is 8.05. The maximum absolute atomic E-state index is 12.2. The third-order valence-corrected chi connectivity index (χ3v) is 4.80. The highest BCUT2D eigenvalue weighted by molar-refractivity contribution is 7.16. The molecule has 0 aliphatic carbocycles. The number of hydrogen-bond acceptors (Lipinski definition) is 6. The summed E-state index contributed by atoms with van der Waals surface area (Å²) in [5.74, 6) is -1.28. The van der Waals surface area contributed by atoms with Crippen LogP contribution in [0, 0.1) is 12.8 Å². The number of nitrogens with two attached hydrogens (primary N) is 1. The van der Waals surface area contributed by atoms with Gasteiger partial charge in [-0.25, -0.2) is 4.79 Å². The zero-order valence-corrected chi connectivity index (χ0v) is 16.2. The molecule has 1 heterocycles. The van der Waals surface area contributed by atoms with Gasteiger partial charge in [-0.3, -0.25) is 9.59 Å². The molecule has 0 saturated carbocycles. The van der Waals surface area contributed by atoms with Crippen LogP contribution in [-0.4, -0.2) is 37.0 Å². The molecule has 1 atom stereocenters. The largest absolute Gasteiger partial charge is 0.462 e. The van der Waals surface area contributed by atoms with Crippen molar-refractivity contribution in [2.45, 2.75) is 47.1 Å². The molecule has 0 bridgehead atoms. The second-order valence-corrected chi connectivity index (χ2v) is 7.18. The van der Waals surface area contributed by atoms with Gasteiger partial charge in [-0.15, -0.1) is 11.3 Å². The molecule has 0 radical (unpaired) electrons. The van der Waals surface area contributed by atoms with Crippen LogP contribution >= 0.6 is 11.3 Å². The zero-order chi connectivity index (χ0) is 19.1. The first-order chi connectivity index (χ1) is 11.7. The van der Waals surface area contributed by atoms with Crippen molar-refractivity contribution in [1.82, 2.24) is 5.32 Å². The maximum atomic E-state index is 12.2. The third kappa shape index (κ3) is 5.54. The van der Waals surface area contributed by atoms with Crippen LogP contribution in [0.1, 0.15) is 48.5 Å². The second kappa shape index (κ2) is 9.53. The molecule has 0 aliphatic rings. The molecule has 1 aromatic rings. The van der Waals surface area contributed by atoms with E-state index in [-0.39, 0.29) is 25.0 Å². The van der Waals surface area contributed by atoms with Gasteiger partial charge >= 0.3 is 5.97 Å². The molecule has 140 valence electrons. The van der Waals surface area contributed by atoms with E-state index in [0.29, 0.717) is 17.0 Å². The number of thiophene rings is 1. The number of anilines is 1. The number of ether oxygens (including phenoxy) is 1. The molecule has 1 aromatic heterocycles. The van der Waals surface area contributed by atoms with Gasteiger partial charge in [0.2, 0.25) is 11.8 Å². The van der Waals surface area contributed by atoms with E-state index in [0.717, 1.165) is 10.4 Å². The van der Waals surface area contributed by atoms with Crippen molar-refractivity contribution in [1.29, 1.82) is 0 Å². The first-order valence-corrected chi connectivity index (χ1v) is 9.16. The summed E-state index contributed by atoms with van der Waals surface area (Å²) in [4.78, 5) is 37.1. The van der Waals surface area contributed by atoms with E-state index in [9.17, 15) is 14.4 Å². The van der Waals surface area contributed by atoms with Crippen LogP contribution in [0.2, 0.25) is 0 Å². The van der Waals surface area contributed by atoms with Gasteiger partial charge in [0.1, 0.15) is 5.00 Å². The summed E-state index contributed by atoms with van der Waals surface area (Å²) >= 11 is 1.32. The molecule has 0 saturated heterocycles. The molecule has 25 heavy (non-hydrogen) atoms. The lowest BCUT2D eigenvalue weighted by molar-refractivity contribution is -0.125. The van der Waals surface area contributed by atoms with E-state index < -0.39 is 17.9 Å². The quantitative estimate of drug-likeness (QED) is 0.606. The summed E-state index contributed by atoms with van der Waals surface area (Å²) in [5.41, 5.74) is 6.99. The van der Waals surface area contributed by atoms with Crippen LogP contribution in [-0.2, 0) is 20.7 Å². The van der Waals surface area contributed by atoms with E-state index in [1.165, 1.54) is 11.3 Å². The molecular weight excluding hydrogens is 342 g/mol. The average Bonchev–Trinajstić information content (AvgIpc) is 2.86. The fraction of sp³-hybridized carbons (Fsp3) is 0.588. The molecule has 0 aromatic carbocycles. The third-order valence-electron chi connectivity index (χ3n) is 3.74. The summed E-state index contributed by atoms with van der Waals surface area (Å²) in [6.45, 7) is 9.28. The molecule has 0 aliphatic heterocycles. The fourth-order valence-corrected chi connectivity index (χ4v) is 3.42. The summed E-state index contributed by atoms with van der Waals surface area (Å²) in [6.07, 6.45) is 0.659. The van der Waals surface area contributed by atoms with E-state index >= 15 is 0 Å². The molecule has 0 fully saturated rings. The van der Waals surface area contributed by atoms with Crippen molar-refractivity contribution >= 4 is 34.1 Å². The normalized spacial score (nSPS) is 12.0. The Hall–Kier alpha value is -1.93. The molecule has 4 N–H and O–H groups in total. The number of hydrogen-bond donors (Lipinski definition) is 3. The smallest absolute Gasteiger partial charge is 0.341 e. The number of aryl methyl sites for hydroxylation is 1. The minimum Gasteiger partial charge on any atom is -0.462 e. The first-order valence-electron chi connectivity index (χ1n) is 8.35. The lowest BCUT2D eigenvalue weighted by atomic mass is 10.1. The van der Waals surface area contributed by atoms with Gasteiger partial charge in [0.15, 0.2) is 0 Å². The zero-order valence-electron chi connectivity index (χ0n) is 15.4. The van der Waals surface area contributed by atoms with Gasteiger partial charge in [-0.05, 0) is 31.7 Å². The van der Waals surface area contributed by atoms with Gasteiger partial charge in [0, 0.05) is 4.88 Å². The van der Waals surface area contributed by atoms with Gasteiger partial charge in [-0.2, -0.15) is 0 Å². The van der Waals surface area contributed by atoms with Gasteiger partial charge in [0.05, 0.1) is 24.8 Å². The molecule has 2 amide bonds. The second-order valence-electron chi connectivity index (χ2n) is 5.95. The maximum Gasteiger partial charge on any atom is 0.341 e. The van der Waals surface area contributed by atoms with Crippen molar-refractivity contribution < 1.29 is 19.1 Å². The standard InChI is InChI=1S/C17H27N3O4S/c1-6-11-10(5)25-16(13(11)17(23)24-7-2)20-12(21)8-19-15(22)14(18)9(3)4/h9,14H,6-8,18H2,1-5H3,(H,19,22)(H,20,21)/t14-/m0/s1. The molecule has 0 spiro atoms. The molecule has 8 heteroatoms. The van der Waals surface area contributed by atoms with E-state index in [1.54, 1.807) is 6.92 Å². The topological polar surface area (TPSA) is 111 Å². The Morgan fingerprint density at radius 3 is 2.40 bits per heavy atom. The molecule has 0 unspecified atom stereocenters. The first kappa shape index (κ1) is 21.1. The highest BCUT2D eigenvalue weighted by Crippen LogP contribution is 2.34. The number of rotatable bonds is 8. The Bertz CT molecular complexity index is 640. The van der Waals surface area contributed by atoms with Gasteiger partial charge in [0.25, 0.3) is 0 Å². The van der Waals surface area contributed by atoms with Crippen molar-refractivity contribution in [3.05, 3.63) is 16.0 Å². The van der Waals surface area contributed by atoms with E-state index in [1.807, 2.05) is 27.7 Å².